The van der Waals surface area contributed by atoms with Crippen molar-refractivity contribution >= 4 is 5.82 Å². The maximum absolute atomic E-state index is 13.6. The standard InChI is InChI=1S/C23H19FN4/c24-19-9-6-16(7-10-19)23(20-5-1-2-13-27-20)22(17-4-3-12-26-14-17)18-8-11-21(25)28-15-18/h1-15,22-23H,(H2,25,28). The number of benzene rings is 1. The number of pyridine rings is 3. The highest BCUT2D eigenvalue weighted by atomic mass is 19.1. The van der Waals surface area contributed by atoms with Crippen LogP contribution < -0.4 is 5.73 Å². The second-order valence-corrected chi connectivity index (χ2v) is 6.56. The van der Waals surface area contributed by atoms with Gasteiger partial charge in [-0.1, -0.05) is 30.3 Å². The lowest BCUT2D eigenvalue weighted by atomic mass is 9.76. The van der Waals surface area contributed by atoms with Gasteiger partial charge in [-0.3, -0.25) is 9.97 Å². The summed E-state index contributed by atoms with van der Waals surface area (Å²) in [6, 6.07) is 20.1. The zero-order valence-corrected chi connectivity index (χ0v) is 15.1. The Kier molecular flexibility index (Phi) is 5.06. The van der Waals surface area contributed by atoms with Crippen LogP contribution in [0.4, 0.5) is 10.2 Å². The van der Waals surface area contributed by atoms with Crippen LogP contribution in [0.3, 0.4) is 0 Å². The molecule has 0 aliphatic rings. The molecule has 2 N–H and O–H groups in total. The summed E-state index contributed by atoms with van der Waals surface area (Å²) in [7, 11) is 0. The predicted molar refractivity (Wildman–Crippen MR) is 107 cm³/mol. The van der Waals surface area contributed by atoms with Gasteiger partial charge in [0, 0.05) is 42.3 Å². The lowest BCUT2D eigenvalue weighted by Crippen LogP contribution is -2.16. The van der Waals surface area contributed by atoms with Crippen molar-refractivity contribution in [3.63, 3.8) is 0 Å². The smallest absolute Gasteiger partial charge is 0.123 e. The first-order valence-electron chi connectivity index (χ1n) is 9.00. The zero-order valence-electron chi connectivity index (χ0n) is 15.1. The van der Waals surface area contributed by atoms with Crippen molar-refractivity contribution < 1.29 is 4.39 Å². The summed E-state index contributed by atoms with van der Waals surface area (Å²) >= 11 is 0. The Balaban J connectivity index is 1.93. The van der Waals surface area contributed by atoms with Crippen molar-refractivity contribution in [1.82, 2.24) is 15.0 Å². The van der Waals surface area contributed by atoms with Crippen LogP contribution in [0.25, 0.3) is 0 Å². The van der Waals surface area contributed by atoms with Crippen LogP contribution in [0.5, 0.6) is 0 Å². The lowest BCUT2D eigenvalue weighted by Gasteiger charge is -2.28. The number of hydrogen-bond donors (Lipinski definition) is 1. The highest BCUT2D eigenvalue weighted by Crippen LogP contribution is 2.41. The molecule has 3 aromatic heterocycles. The van der Waals surface area contributed by atoms with Gasteiger partial charge in [0.25, 0.3) is 0 Å². The van der Waals surface area contributed by atoms with Crippen molar-refractivity contribution in [2.45, 2.75) is 11.8 Å². The molecule has 0 fully saturated rings. The first-order chi connectivity index (χ1) is 13.7. The third-order valence-corrected chi connectivity index (χ3v) is 4.78. The molecular weight excluding hydrogens is 351 g/mol. The summed E-state index contributed by atoms with van der Waals surface area (Å²) < 4.78 is 13.6. The number of aromatic nitrogens is 3. The first kappa shape index (κ1) is 17.8. The average Bonchev–Trinajstić information content (AvgIpc) is 2.75. The van der Waals surface area contributed by atoms with Gasteiger partial charge in [0.05, 0.1) is 0 Å². The Labute approximate surface area is 162 Å². The first-order valence-corrected chi connectivity index (χ1v) is 9.00. The SMILES string of the molecule is Nc1ccc(C(c2cccnc2)C(c2ccc(F)cc2)c2ccccn2)cn1. The fourth-order valence-electron chi connectivity index (χ4n) is 3.50. The van der Waals surface area contributed by atoms with Gasteiger partial charge in [-0.2, -0.15) is 0 Å². The molecule has 0 bridgehead atoms. The monoisotopic (exact) mass is 370 g/mol. The molecule has 0 amide bonds. The van der Waals surface area contributed by atoms with Crippen LogP contribution in [-0.2, 0) is 0 Å². The van der Waals surface area contributed by atoms with Gasteiger partial charge in [-0.25, -0.2) is 9.37 Å². The van der Waals surface area contributed by atoms with E-state index >= 15 is 0 Å². The summed E-state index contributed by atoms with van der Waals surface area (Å²) in [6.07, 6.45) is 7.15. The van der Waals surface area contributed by atoms with E-state index in [9.17, 15) is 4.39 Å². The summed E-state index contributed by atoms with van der Waals surface area (Å²) in [5.41, 5.74) is 9.67. The van der Waals surface area contributed by atoms with Gasteiger partial charge in [0.15, 0.2) is 0 Å². The minimum absolute atomic E-state index is 0.109. The number of nitrogens with two attached hydrogens (primary N) is 1. The molecule has 4 rings (SSSR count). The van der Waals surface area contributed by atoms with Gasteiger partial charge in [-0.05, 0) is 53.1 Å². The van der Waals surface area contributed by atoms with Crippen LogP contribution in [0.1, 0.15) is 34.2 Å². The number of anilines is 1. The maximum atomic E-state index is 13.6. The number of nitrogens with zero attached hydrogens (tertiary/aromatic N) is 3. The zero-order chi connectivity index (χ0) is 19.3. The quantitative estimate of drug-likeness (QED) is 0.559. The number of nitrogen functional groups attached to an aromatic ring is 1. The predicted octanol–water partition coefficient (Wildman–Crippen LogP) is 4.56. The van der Waals surface area contributed by atoms with E-state index in [1.807, 2.05) is 54.7 Å². The molecule has 2 unspecified atom stereocenters. The number of hydrogen-bond acceptors (Lipinski definition) is 4. The minimum Gasteiger partial charge on any atom is -0.384 e. The molecule has 5 heteroatoms. The second-order valence-electron chi connectivity index (χ2n) is 6.56. The molecule has 1 aromatic carbocycles. The molecule has 4 aromatic rings. The van der Waals surface area contributed by atoms with Gasteiger partial charge in [0.2, 0.25) is 0 Å². The maximum Gasteiger partial charge on any atom is 0.123 e. The Morgan fingerprint density at radius 3 is 2.11 bits per heavy atom. The van der Waals surface area contributed by atoms with Gasteiger partial charge >= 0.3 is 0 Å². The van der Waals surface area contributed by atoms with Crippen LogP contribution in [0.15, 0.2) is 91.5 Å². The van der Waals surface area contributed by atoms with Crippen molar-refractivity contribution in [2.24, 2.45) is 0 Å². The third-order valence-electron chi connectivity index (χ3n) is 4.78. The highest BCUT2D eigenvalue weighted by molar-refractivity contribution is 5.43. The second kappa shape index (κ2) is 7.96. The van der Waals surface area contributed by atoms with Crippen LogP contribution in [0.2, 0.25) is 0 Å². The Morgan fingerprint density at radius 2 is 1.46 bits per heavy atom. The Morgan fingerprint density at radius 1 is 0.679 bits per heavy atom. The molecule has 4 nitrogen and oxygen atoms in total. The molecular formula is C23H19FN4. The highest BCUT2D eigenvalue weighted by Gasteiger charge is 2.29. The molecule has 0 aliphatic carbocycles. The van der Waals surface area contributed by atoms with E-state index in [1.165, 1.54) is 12.1 Å². The van der Waals surface area contributed by atoms with E-state index in [0.717, 1.165) is 22.4 Å². The number of halogens is 1. The molecule has 138 valence electrons. The van der Waals surface area contributed by atoms with Gasteiger partial charge in [0.1, 0.15) is 11.6 Å². The molecule has 2 atom stereocenters. The van der Waals surface area contributed by atoms with Gasteiger partial charge < -0.3 is 5.73 Å². The molecule has 0 radical (unpaired) electrons. The van der Waals surface area contributed by atoms with E-state index < -0.39 is 0 Å². The topological polar surface area (TPSA) is 64.7 Å². The van der Waals surface area contributed by atoms with E-state index in [4.69, 9.17) is 5.73 Å². The molecule has 0 saturated carbocycles. The van der Waals surface area contributed by atoms with Crippen molar-refractivity contribution in [3.05, 3.63) is 120 Å². The molecule has 0 aliphatic heterocycles. The van der Waals surface area contributed by atoms with E-state index in [1.54, 1.807) is 24.7 Å². The van der Waals surface area contributed by atoms with Crippen molar-refractivity contribution in [1.29, 1.82) is 0 Å². The fraction of sp³-hybridized carbons (Fsp3) is 0.0870. The van der Waals surface area contributed by atoms with Crippen LogP contribution in [-0.4, -0.2) is 15.0 Å². The molecule has 28 heavy (non-hydrogen) atoms. The van der Waals surface area contributed by atoms with Crippen molar-refractivity contribution in [3.8, 4) is 0 Å². The minimum atomic E-state index is -0.268. The fourth-order valence-corrected chi connectivity index (χ4v) is 3.50. The normalized spacial score (nSPS) is 13.0. The molecule has 0 spiro atoms. The molecule has 3 heterocycles. The Bertz CT molecular complexity index is 933. The van der Waals surface area contributed by atoms with E-state index in [-0.39, 0.29) is 17.7 Å². The average molecular weight is 370 g/mol. The summed E-state index contributed by atoms with van der Waals surface area (Å²) in [4.78, 5) is 13.2. The summed E-state index contributed by atoms with van der Waals surface area (Å²) in [6.45, 7) is 0. The lowest BCUT2D eigenvalue weighted by molar-refractivity contribution is 0.622. The molecule has 0 saturated heterocycles. The van der Waals surface area contributed by atoms with Gasteiger partial charge in [-0.15, -0.1) is 0 Å². The van der Waals surface area contributed by atoms with Crippen LogP contribution >= 0.6 is 0 Å². The summed E-state index contributed by atoms with van der Waals surface area (Å²) in [5.74, 6) is -0.0564. The van der Waals surface area contributed by atoms with Crippen molar-refractivity contribution in [2.75, 3.05) is 5.73 Å². The Hall–Kier alpha value is -3.60. The van der Waals surface area contributed by atoms with E-state index in [0.29, 0.717) is 5.82 Å². The van der Waals surface area contributed by atoms with E-state index in [2.05, 4.69) is 15.0 Å². The summed E-state index contributed by atoms with van der Waals surface area (Å²) in [5, 5.41) is 0. The van der Waals surface area contributed by atoms with Crippen LogP contribution in [0, 0.1) is 5.82 Å². The third kappa shape index (κ3) is 3.74. The number of rotatable bonds is 5. The largest absolute Gasteiger partial charge is 0.384 e.